The number of halogens is 3. The van der Waals surface area contributed by atoms with Crippen molar-refractivity contribution in [3.05, 3.63) is 52.3 Å². The number of aromatic hydroxyl groups is 1. The van der Waals surface area contributed by atoms with Crippen molar-refractivity contribution in [3.8, 4) is 11.6 Å². The Bertz CT molecular complexity index is 635. The van der Waals surface area contributed by atoms with Crippen LogP contribution >= 0.6 is 0 Å². The topological polar surface area (TPSA) is 55.1 Å². The average molecular weight is 256 g/mol. The van der Waals surface area contributed by atoms with Gasteiger partial charge in [0.25, 0.3) is 5.56 Å². The van der Waals surface area contributed by atoms with Crippen LogP contribution in [0.3, 0.4) is 0 Å². The van der Waals surface area contributed by atoms with Crippen LogP contribution in [-0.2, 0) is 6.18 Å². The average Bonchev–Trinajstić information content (AvgIpc) is 2.31. The number of rotatable bonds is 1. The maximum absolute atomic E-state index is 12.5. The van der Waals surface area contributed by atoms with Gasteiger partial charge in [0.15, 0.2) is 0 Å². The van der Waals surface area contributed by atoms with E-state index in [1.165, 1.54) is 6.07 Å². The predicted molar refractivity (Wildman–Crippen MR) is 56.5 cm³/mol. The van der Waals surface area contributed by atoms with Crippen LogP contribution in [0.2, 0.25) is 0 Å². The molecule has 1 heterocycles. The van der Waals surface area contributed by atoms with Crippen molar-refractivity contribution in [2.45, 2.75) is 6.18 Å². The lowest BCUT2D eigenvalue weighted by molar-refractivity contribution is -0.137. The van der Waals surface area contributed by atoms with Crippen molar-refractivity contribution in [1.82, 2.24) is 9.78 Å². The first-order valence-electron chi connectivity index (χ1n) is 4.85. The molecule has 0 radical (unpaired) electrons. The summed E-state index contributed by atoms with van der Waals surface area (Å²) in [5.41, 5.74) is -1.59. The van der Waals surface area contributed by atoms with Crippen molar-refractivity contribution >= 4 is 0 Å². The van der Waals surface area contributed by atoms with E-state index in [9.17, 15) is 18.0 Å². The Balaban J connectivity index is 2.58. The third-order valence-corrected chi connectivity index (χ3v) is 2.20. The summed E-state index contributed by atoms with van der Waals surface area (Å²) in [5.74, 6) is -0.452. The molecule has 1 aromatic carbocycles. The highest BCUT2D eigenvalue weighted by molar-refractivity contribution is 5.36. The number of benzene rings is 1. The fourth-order valence-corrected chi connectivity index (χ4v) is 1.40. The molecular weight excluding hydrogens is 249 g/mol. The van der Waals surface area contributed by atoms with Crippen LogP contribution in [0.4, 0.5) is 13.2 Å². The Kier molecular flexibility index (Phi) is 2.82. The standard InChI is InChI=1S/C11H7F3N2O2/c12-11(13,14)7-2-1-3-8(6-7)16-10(18)5-4-9(17)15-16/h1-6H,(H,15,17). The summed E-state index contributed by atoms with van der Waals surface area (Å²) in [5, 5.41) is 12.6. The van der Waals surface area contributed by atoms with Gasteiger partial charge in [0.05, 0.1) is 11.3 Å². The van der Waals surface area contributed by atoms with Crippen LogP contribution in [0.5, 0.6) is 5.88 Å². The molecule has 2 rings (SSSR count). The molecule has 1 N–H and O–H groups in total. The number of aromatic nitrogens is 2. The molecule has 2 aromatic rings. The minimum Gasteiger partial charge on any atom is -0.492 e. The third kappa shape index (κ3) is 2.34. The Morgan fingerprint density at radius 3 is 2.56 bits per heavy atom. The van der Waals surface area contributed by atoms with Gasteiger partial charge in [-0.3, -0.25) is 4.79 Å². The van der Waals surface area contributed by atoms with Crippen molar-refractivity contribution in [1.29, 1.82) is 0 Å². The Morgan fingerprint density at radius 2 is 1.89 bits per heavy atom. The second kappa shape index (κ2) is 4.17. The SMILES string of the molecule is O=c1ccc(O)nn1-c1cccc(C(F)(F)F)c1. The van der Waals surface area contributed by atoms with Gasteiger partial charge in [0.2, 0.25) is 5.88 Å². The highest BCUT2D eigenvalue weighted by atomic mass is 19.4. The molecule has 0 fully saturated rings. The molecule has 0 amide bonds. The van der Waals surface area contributed by atoms with Gasteiger partial charge in [-0.05, 0) is 18.2 Å². The maximum atomic E-state index is 12.5. The highest BCUT2D eigenvalue weighted by Crippen LogP contribution is 2.29. The van der Waals surface area contributed by atoms with Gasteiger partial charge < -0.3 is 5.11 Å². The zero-order valence-corrected chi connectivity index (χ0v) is 8.85. The summed E-state index contributed by atoms with van der Waals surface area (Å²) in [6.07, 6.45) is -4.50. The molecule has 0 aliphatic carbocycles. The first-order valence-corrected chi connectivity index (χ1v) is 4.85. The monoisotopic (exact) mass is 256 g/mol. The summed E-state index contributed by atoms with van der Waals surface area (Å²) in [6, 6.07) is 6.21. The second-order valence-corrected chi connectivity index (χ2v) is 3.49. The summed E-state index contributed by atoms with van der Waals surface area (Å²) in [7, 11) is 0. The molecule has 0 saturated carbocycles. The van der Waals surface area contributed by atoms with Gasteiger partial charge in [-0.15, -0.1) is 5.10 Å². The number of hydrogen-bond donors (Lipinski definition) is 1. The molecule has 18 heavy (non-hydrogen) atoms. The molecule has 0 atom stereocenters. The van der Waals surface area contributed by atoms with Gasteiger partial charge in [0.1, 0.15) is 0 Å². The van der Waals surface area contributed by atoms with E-state index in [0.717, 1.165) is 30.3 Å². The number of hydrogen-bond acceptors (Lipinski definition) is 3. The van der Waals surface area contributed by atoms with Crippen LogP contribution in [-0.4, -0.2) is 14.9 Å². The van der Waals surface area contributed by atoms with Gasteiger partial charge >= 0.3 is 6.18 Å². The normalized spacial score (nSPS) is 11.5. The van der Waals surface area contributed by atoms with E-state index in [1.54, 1.807) is 0 Å². The second-order valence-electron chi connectivity index (χ2n) is 3.49. The molecule has 1 aromatic heterocycles. The van der Waals surface area contributed by atoms with Crippen LogP contribution in [0.25, 0.3) is 5.69 Å². The largest absolute Gasteiger partial charge is 0.492 e. The quantitative estimate of drug-likeness (QED) is 0.848. The van der Waals surface area contributed by atoms with E-state index < -0.39 is 23.2 Å². The molecule has 94 valence electrons. The van der Waals surface area contributed by atoms with E-state index >= 15 is 0 Å². The number of nitrogens with zero attached hydrogens (tertiary/aromatic N) is 2. The molecule has 0 saturated heterocycles. The Labute approximate surface area is 98.9 Å². The minimum atomic E-state index is -4.50. The maximum Gasteiger partial charge on any atom is 0.416 e. The van der Waals surface area contributed by atoms with Gasteiger partial charge in [-0.2, -0.15) is 17.9 Å². The van der Waals surface area contributed by atoms with Gasteiger partial charge in [-0.1, -0.05) is 6.07 Å². The van der Waals surface area contributed by atoms with E-state index in [1.807, 2.05) is 0 Å². The summed E-state index contributed by atoms with van der Waals surface area (Å²) < 4.78 is 38.2. The molecule has 0 bridgehead atoms. The molecule has 4 nitrogen and oxygen atoms in total. The minimum absolute atomic E-state index is 0.0641. The van der Waals surface area contributed by atoms with E-state index in [-0.39, 0.29) is 5.69 Å². The molecular formula is C11H7F3N2O2. The first kappa shape index (κ1) is 12.2. The van der Waals surface area contributed by atoms with E-state index in [4.69, 9.17) is 5.11 Å². The lowest BCUT2D eigenvalue weighted by Gasteiger charge is -2.09. The van der Waals surface area contributed by atoms with Gasteiger partial charge in [-0.25, -0.2) is 0 Å². The van der Waals surface area contributed by atoms with Crippen LogP contribution in [0.1, 0.15) is 5.56 Å². The smallest absolute Gasteiger partial charge is 0.416 e. The summed E-state index contributed by atoms with van der Waals surface area (Å²) in [6.45, 7) is 0. The lowest BCUT2D eigenvalue weighted by atomic mass is 10.2. The third-order valence-electron chi connectivity index (χ3n) is 2.20. The zero-order valence-electron chi connectivity index (χ0n) is 8.85. The molecule has 0 unspecified atom stereocenters. The molecule has 0 aliphatic rings. The number of alkyl halides is 3. The fraction of sp³-hybridized carbons (Fsp3) is 0.0909. The Morgan fingerprint density at radius 1 is 1.17 bits per heavy atom. The van der Waals surface area contributed by atoms with Crippen molar-refractivity contribution < 1.29 is 18.3 Å². The van der Waals surface area contributed by atoms with E-state index in [0.29, 0.717) is 4.68 Å². The van der Waals surface area contributed by atoms with Crippen LogP contribution in [0, 0.1) is 0 Å². The summed E-state index contributed by atoms with van der Waals surface area (Å²) in [4.78, 5) is 11.4. The molecule has 7 heteroatoms. The highest BCUT2D eigenvalue weighted by Gasteiger charge is 2.30. The summed E-state index contributed by atoms with van der Waals surface area (Å²) >= 11 is 0. The van der Waals surface area contributed by atoms with Crippen molar-refractivity contribution in [2.75, 3.05) is 0 Å². The first-order chi connectivity index (χ1) is 8.38. The molecule has 0 aliphatic heterocycles. The molecule has 0 spiro atoms. The Hall–Kier alpha value is -2.31. The van der Waals surface area contributed by atoms with Crippen LogP contribution in [0.15, 0.2) is 41.2 Å². The van der Waals surface area contributed by atoms with Gasteiger partial charge in [0, 0.05) is 12.1 Å². The lowest BCUT2D eigenvalue weighted by Crippen LogP contribution is -2.20. The van der Waals surface area contributed by atoms with Crippen molar-refractivity contribution in [3.63, 3.8) is 0 Å². The van der Waals surface area contributed by atoms with E-state index in [2.05, 4.69) is 5.10 Å². The fourth-order valence-electron chi connectivity index (χ4n) is 1.40. The predicted octanol–water partition coefficient (Wildman–Crippen LogP) is 1.96. The van der Waals surface area contributed by atoms with Crippen molar-refractivity contribution in [2.24, 2.45) is 0 Å². The zero-order chi connectivity index (χ0) is 13.3. The van der Waals surface area contributed by atoms with Crippen LogP contribution < -0.4 is 5.56 Å².